The van der Waals surface area contributed by atoms with Crippen LogP contribution in [0.1, 0.15) is 105 Å². The number of carbonyl (C=O) groups excluding carboxylic acids is 1. The molecule has 6 heteroatoms. The van der Waals surface area contributed by atoms with Gasteiger partial charge in [0.1, 0.15) is 0 Å². The van der Waals surface area contributed by atoms with Crippen LogP contribution >= 0.6 is 11.3 Å². The SMILES string of the molecule is CC(C)c1cc(C(C)C)c(C(=O)Nc2nnc(NCCCCc3ccccc3)s2)c(C(C)C)c1. The van der Waals surface area contributed by atoms with Crippen molar-refractivity contribution in [2.45, 2.75) is 78.6 Å². The molecule has 3 aromatic rings. The van der Waals surface area contributed by atoms with Gasteiger partial charge in [0.15, 0.2) is 0 Å². The first kappa shape index (κ1) is 25.9. The molecule has 0 aliphatic carbocycles. The summed E-state index contributed by atoms with van der Waals surface area (Å²) < 4.78 is 0. The molecule has 0 unspecified atom stereocenters. The Morgan fingerprint density at radius 1 is 0.853 bits per heavy atom. The van der Waals surface area contributed by atoms with Crippen molar-refractivity contribution in [1.29, 1.82) is 0 Å². The van der Waals surface area contributed by atoms with Gasteiger partial charge in [-0.25, -0.2) is 0 Å². The molecule has 0 aliphatic heterocycles. The van der Waals surface area contributed by atoms with E-state index < -0.39 is 0 Å². The van der Waals surface area contributed by atoms with Crippen molar-refractivity contribution in [3.8, 4) is 0 Å². The Morgan fingerprint density at radius 3 is 2.06 bits per heavy atom. The third-order valence-electron chi connectivity index (χ3n) is 6.02. The maximum Gasteiger partial charge on any atom is 0.258 e. The van der Waals surface area contributed by atoms with Gasteiger partial charge in [0.05, 0.1) is 0 Å². The predicted molar refractivity (Wildman–Crippen MR) is 144 cm³/mol. The number of aryl methyl sites for hydroxylation is 1. The summed E-state index contributed by atoms with van der Waals surface area (Å²) in [6.45, 7) is 13.8. The normalized spacial score (nSPS) is 11.4. The van der Waals surface area contributed by atoms with E-state index in [-0.39, 0.29) is 17.7 Å². The van der Waals surface area contributed by atoms with Crippen LogP contribution in [0.2, 0.25) is 0 Å². The number of unbranched alkanes of at least 4 members (excludes halogenated alkanes) is 1. The Bertz CT molecular complexity index is 1040. The van der Waals surface area contributed by atoms with Crippen LogP contribution in [0.3, 0.4) is 0 Å². The van der Waals surface area contributed by atoms with Crippen LogP contribution in [-0.4, -0.2) is 22.6 Å². The molecule has 34 heavy (non-hydrogen) atoms. The molecule has 5 nitrogen and oxygen atoms in total. The molecule has 0 bridgehead atoms. The second-order valence-electron chi connectivity index (χ2n) is 9.77. The Morgan fingerprint density at radius 2 is 1.47 bits per heavy atom. The van der Waals surface area contributed by atoms with Crippen molar-refractivity contribution in [3.63, 3.8) is 0 Å². The summed E-state index contributed by atoms with van der Waals surface area (Å²) in [5, 5.41) is 16.0. The molecule has 2 aromatic carbocycles. The highest BCUT2D eigenvalue weighted by Crippen LogP contribution is 2.33. The molecule has 2 N–H and O–H groups in total. The van der Waals surface area contributed by atoms with Gasteiger partial charge in [-0.2, -0.15) is 0 Å². The minimum Gasteiger partial charge on any atom is -0.360 e. The van der Waals surface area contributed by atoms with Crippen molar-refractivity contribution in [2.75, 3.05) is 17.2 Å². The minimum absolute atomic E-state index is 0.103. The molecule has 0 aliphatic rings. The van der Waals surface area contributed by atoms with Gasteiger partial charge in [0.2, 0.25) is 10.3 Å². The van der Waals surface area contributed by atoms with Crippen LogP contribution in [0.15, 0.2) is 42.5 Å². The minimum atomic E-state index is -0.103. The van der Waals surface area contributed by atoms with Gasteiger partial charge in [0.25, 0.3) is 5.91 Å². The summed E-state index contributed by atoms with van der Waals surface area (Å²) in [5.41, 5.74) is 5.60. The van der Waals surface area contributed by atoms with Crippen LogP contribution in [0.25, 0.3) is 0 Å². The van der Waals surface area contributed by atoms with Crippen LogP contribution in [0.5, 0.6) is 0 Å². The molecular formula is C28H38N4OS. The Balaban J connectivity index is 1.63. The predicted octanol–water partition coefficient (Wildman–Crippen LogP) is 7.60. The number of anilines is 2. The highest BCUT2D eigenvalue weighted by atomic mass is 32.1. The third-order valence-corrected chi connectivity index (χ3v) is 6.81. The topological polar surface area (TPSA) is 66.9 Å². The number of hydrogen-bond acceptors (Lipinski definition) is 5. The number of nitrogens with one attached hydrogen (secondary N) is 2. The quantitative estimate of drug-likeness (QED) is 0.279. The van der Waals surface area contributed by atoms with Gasteiger partial charge in [-0.05, 0) is 59.3 Å². The fourth-order valence-corrected chi connectivity index (χ4v) is 4.68. The van der Waals surface area contributed by atoms with E-state index in [4.69, 9.17) is 0 Å². The zero-order valence-corrected chi connectivity index (χ0v) is 22.1. The van der Waals surface area contributed by atoms with E-state index in [9.17, 15) is 4.79 Å². The first-order chi connectivity index (χ1) is 16.3. The van der Waals surface area contributed by atoms with Crippen molar-refractivity contribution in [3.05, 3.63) is 70.3 Å². The lowest BCUT2D eigenvalue weighted by Crippen LogP contribution is -2.19. The van der Waals surface area contributed by atoms with Crippen molar-refractivity contribution in [1.82, 2.24) is 10.2 Å². The van der Waals surface area contributed by atoms with Gasteiger partial charge in [-0.3, -0.25) is 10.1 Å². The average Bonchev–Trinajstić information content (AvgIpc) is 3.25. The van der Waals surface area contributed by atoms with E-state index >= 15 is 0 Å². The molecule has 1 aromatic heterocycles. The Kier molecular flexibility index (Phi) is 9.22. The second kappa shape index (κ2) is 12.1. The first-order valence-electron chi connectivity index (χ1n) is 12.4. The molecule has 1 heterocycles. The van der Waals surface area contributed by atoms with Gasteiger partial charge in [-0.15, -0.1) is 10.2 Å². The number of nitrogens with zero attached hydrogens (tertiary/aromatic N) is 2. The second-order valence-corrected chi connectivity index (χ2v) is 10.8. The summed E-state index contributed by atoms with van der Waals surface area (Å²) in [7, 11) is 0. The molecule has 0 fully saturated rings. The average molecular weight is 479 g/mol. The molecular weight excluding hydrogens is 440 g/mol. The fourth-order valence-electron chi connectivity index (χ4n) is 4.02. The van der Waals surface area contributed by atoms with E-state index in [2.05, 4.69) is 98.8 Å². The maximum atomic E-state index is 13.4. The van der Waals surface area contributed by atoms with Crippen molar-refractivity contribution < 1.29 is 4.79 Å². The smallest absolute Gasteiger partial charge is 0.258 e. The molecule has 3 rings (SSSR count). The summed E-state index contributed by atoms with van der Waals surface area (Å²) >= 11 is 1.38. The highest BCUT2D eigenvalue weighted by Gasteiger charge is 2.23. The van der Waals surface area contributed by atoms with Gasteiger partial charge in [-0.1, -0.05) is 95.3 Å². The first-order valence-corrected chi connectivity index (χ1v) is 13.2. The van der Waals surface area contributed by atoms with Crippen molar-refractivity contribution in [2.24, 2.45) is 0 Å². The standard InChI is InChI=1S/C28H38N4OS/c1-18(2)22-16-23(19(3)4)25(24(17-22)20(5)6)26(33)30-28-32-31-27(34-28)29-15-11-10-14-21-12-8-7-9-13-21/h7-9,12-13,16-20H,10-11,14-15H2,1-6H3,(H,29,31)(H,30,32,33). The fraction of sp³-hybridized carbons (Fsp3) is 0.464. The molecule has 0 saturated carbocycles. The van der Waals surface area contributed by atoms with Gasteiger partial charge in [0, 0.05) is 12.1 Å². The lowest BCUT2D eigenvalue weighted by atomic mass is 9.84. The van der Waals surface area contributed by atoms with Gasteiger partial charge >= 0.3 is 0 Å². The van der Waals surface area contributed by atoms with Crippen LogP contribution in [-0.2, 0) is 6.42 Å². The summed E-state index contributed by atoms with van der Waals surface area (Å²) in [6.07, 6.45) is 3.24. The van der Waals surface area contributed by atoms with Crippen LogP contribution < -0.4 is 10.6 Å². The number of hydrogen-bond donors (Lipinski definition) is 2. The van der Waals surface area contributed by atoms with Crippen LogP contribution in [0.4, 0.5) is 10.3 Å². The number of rotatable bonds is 11. The third kappa shape index (κ3) is 6.89. The lowest BCUT2D eigenvalue weighted by molar-refractivity contribution is 0.102. The van der Waals surface area contributed by atoms with E-state index in [1.807, 2.05) is 6.07 Å². The number of carbonyl (C=O) groups is 1. The summed E-state index contributed by atoms with van der Waals surface area (Å²) in [5.74, 6) is 0.809. The van der Waals surface area contributed by atoms with E-state index in [1.165, 1.54) is 22.5 Å². The summed E-state index contributed by atoms with van der Waals surface area (Å²) in [4.78, 5) is 13.4. The number of aromatic nitrogens is 2. The van der Waals surface area contributed by atoms with Crippen LogP contribution in [0, 0.1) is 0 Å². The Labute approximate surface area is 208 Å². The molecule has 0 atom stereocenters. The van der Waals surface area contributed by atoms with E-state index in [0.29, 0.717) is 11.0 Å². The molecule has 182 valence electrons. The van der Waals surface area contributed by atoms with Gasteiger partial charge < -0.3 is 5.32 Å². The Hall–Kier alpha value is -2.73. The number of benzene rings is 2. The molecule has 0 saturated heterocycles. The molecule has 1 amide bonds. The highest BCUT2D eigenvalue weighted by molar-refractivity contribution is 7.19. The zero-order valence-electron chi connectivity index (χ0n) is 21.3. The van der Waals surface area contributed by atoms with Crippen molar-refractivity contribution >= 4 is 27.5 Å². The zero-order chi connectivity index (χ0) is 24.7. The largest absolute Gasteiger partial charge is 0.360 e. The monoisotopic (exact) mass is 478 g/mol. The molecule has 0 spiro atoms. The van der Waals surface area contributed by atoms with E-state index in [1.54, 1.807) is 0 Å². The summed E-state index contributed by atoms with van der Waals surface area (Å²) in [6, 6.07) is 14.9. The lowest BCUT2D eigenvalue weighted by Gasteiger charge is -2.22. The maximum absolute atomic E-state index is 13.4. The number of amides is 1. The molecule has 0 radical (unpaired) electrons. The van der Waals surface area contributed by atoms with E-state index in [0.717, 1.165) is 47.6 Å².